The van der Waals surface area contributed by atoms with Gasteiger partial charge < -0.3 is 14.8 Å². The summed E-state index contributed by atoms with van der Waals surface area (Å²) in [5.74, 6) is 1.47. The zero-order valence-electron chi connectivity index (χ0n) is 12.0. The van der Waals surface area contributed by atoms with Crippen molar-refractivity contribution >= 4 is 0 Å². The van der Waals surface area contributed by atoms with Crippen LogP contribution in [0.4, 0.5) is 0 Å². The number of nitrogens with one attached hydrogen (secondary N) is 1. The summed E-state index contributed by atoms with van der Waals surface area (Å²) in [4.78, 5) is 0. The number of methoxy groups -OCH3 is 1. The van der Waals surface area contributed by atoms with Gasteiger partial charge in [0.2, 0.25) is 0 Å². The van der Waals surface area contributed by atoms with Gasteiger partial charge in [-0.25, -0.2) is 0 Å². The van der Waals surface area contributed by atoms with E-state index in [4.69, 9.17) is 9.47 Å². The van der Waals surface area contributed by atoms with Crippen LogP contribution in [0.2, 0.25) is 0 Å². The van der Waals surface area contributed by atoms with E-state index in [2.05, 4.69) is 12.4 Å². The van der Waals surface area contributed by atoms with E-state index < -0.39 is 0 Å². The molecule has 3 nitrogen and oxygen atoms in total. The predicted octanol–water partition coefficient (Wildman–Crippen LogP) is 2.60. The Morgan fingerprint density at radius 3 is 2.22 bits per heavy atom. The van der Waals surface area contributed by atoms with Crippen LogP contribution < -0.4 is 5.32 Å². The van der Waals surface area contributed by atoms with Crippen molar-refractivity contribution in [1.29, 1.82) is 0 Å². The van der Waals surface area contributed by atoms with Gasteiger partial charge in [0.05, 0.1) is 6.10 Å². The standard InChI is InChI=1S/C15H29NO2/c1-16-14(12-8-10-18-11-9-12)15(17-2)13-6-4-3-5-7-13/h12-16H,3-11H2,1-2H3. The number of hydrogen-bond acceptors (Lipinski definition) is 3. The van der Waals surface area contributed by atoms with Crippen LogP contribution in [0.3, 0.4) is 0 Å². The van der Waals surface area contributed by atoms with Gasteiger partial charge in [0.25, 0.3) is 0 Å². The molecular weight excluding hydrogens is 226 g/mol. The molecule has 0 spiro atoms. The molecule has 1 saturated carbocycles. The SMILES string of the molecule is CNC(C1CCOCC1)C(OC)C1CCCCC1. The summed E-state index contributed by atoms with van der Waals surface area (Å²) in [6, 6.07) is 0.502. The third-order valence-electron chi connectivity index (χ3n) is 4.85. The van der Waals surface area contributed by atoms with Crippen molar-refractivity contribution in [2.75, 3.05) is 27.4 Å². The Kier molecular flexibility index (Phi) is 5.93. The van der Waals surface area contributed by atoms with Crippen molar-refractivity contribution in [3.8, 4) is 0 Å². The minimum absolute atomic E-state index is 0.387. The summed E-state index contributed by atoms with van der Waals surface area (Å²) in [6.07, 6.45) is 9.62. The molecule has 1 heterocycles. The fourth-order valence-corrected chi connectivity index (χ4v) is 3.84. The molecule has 18 heavy (non-hydrogen) atoms. The van der Waals surface area contributed by atoms with Gasteiger partial charge in [0.1, 0.15) is 0 Å². The highest BCUT2D eigenvalue weighted by Crippen LogP contribution is 2.33. The van der Waals surface area contributed by atoms with E-state index in [0.717, 1.165) is 25.0 Å². The number of likely N-dealkylation sites (N-methyl/N-ethyl adjacent to an activating group) is 1. The van der Waals surface area contributed by atoms with Crippen LogP contribution in [0.25, 0.3) is 0 Å². The summed E-state index contributed by atoms with van der Waals surface area (Å²) >= 11 is 0. The Balaban J connectivity index is 1.97. The lowest BCUT2D eigenvalue weighted by molar-refractivity contribution is -0.0284. The topological polar surface area (TPSA) is 30.5 Å². The summed E-state index contributed by atoms with van der Waals surface area (Å²) in [5, 5.41) is 3.54. The Morgan fingerprint density at radius 2 is 1.67 bits per heavy atom. The van der Waals surface area contributed by atoms with Crippen molar-refractivity contribution in [1.82, 2.24) is 5.32 Å². The zero-order chi connectivity index (χ0) is 12.8. The largest absolute Gasteiger partial charge is 0.381 e. The van der Waals surface area contributed by atoms with Crippen molar-refractivity contribution in [2.45, 2.75) is 57.1 Å². The van der Waals surface area contributed by atoms with Gasteiger partial charge in [-0.2, -0.15) is 0 Å². The van der Waals surface area contributed by atoms with E-state index in [9.17, 15) is 0 Å². The second kappa shape index (κ2) is 7.46. The fraction of sp³-hybridized carbons (Fsp3) is 1.00. The molecule has 0 aromatic rings. The first-order chi connectivity index (χ1) is 8.86. The van der Waals surface area contributed by atoms with Crippen LogP contribution in [0.5, 0.6) is 0 Å². The highest BCUT2D eigenvalue weighted by atomic mass is 16.5. The third kappa shape index (κ3) is 3.46. The first kappa shape index (κ1) is 14.3. The van der Waals surface area contributed by atoms with Crippen molar-refractivity contribution in [2.24, 2.45) is 11.8 Å². The third-order valence-corrected chi connectivity index (χ3v) is 4.85. The molecule has 0 radical (unpaired) electrons. The van der Waals surface area contributed by atoms with Gasteiger partial charge in [0, 0.05) is 26.4 Å². The molecule has 1 N–H and O–H groups in total. The number of hydrogen-bond donors (Lipinski definition) is 1. The second-order valence-electron chi connectivity index (χ2n) is 5.86. The van der Waals surface area contributed by atoms with Gasteiger partial charge in [-0.15, -0.1) is 0 Å². The number of rotatable bonds is 5. The lowest BCUT2D eigenvalue weighted by Gasteiger charge is -2.40. The monoisotopic (exact) mass is 255 g/mol. The highest BCUT2D eigenvalue weighted by Gasteiger charge is 2.35. The van der Waals surface area contributed by atoms with Gasteiger partial charge in [0.15, 0.2) is 0 Å². The quantitative estimate of drug-likeness (QED) is 0.819. The van der Waals surface area contributed by atoms with E-state index in [0.29, 0.717) is 12.1 Å². The summed E-state index contributed by atoms with van der Waals surface area (Å²) in [7, 11) is 3.98. The molecule has 1 aliphatic heterocycles. The molecular formula is C15H29NO2. The maximum absolute atomic E-state index is 5.89. The Hall–Kier alpha value is -0.120. The molecule has 2 unspecified atom stereocenters. The maximum Gasteiger partial charge on any atom is 0.0754 e. The molecule has 2 atom stereocenters. The molecule has 3 heteroatoms. The first-order valence-electron chi connectivity index (χ1n) is 7.64. The van der Waals surface area contributed by atoms with Gasteiger partial charge in [-0.05, 0) is 44.6 Å². The van der Waals surface area contributed by atoms with Gasteiger partial charge >= 0.3 is 0 Å². The van der Waals surface area contributed by atoms with Crippen LogP contribution >= 0.6 is 0 Å². The minimum atomic E-state index is 0.387. The minimum Gasteiger partial charge on any atom is -0.381 e. The van der Waals surface area contributed by atoms with E-state index in [-0.39, 0.29) is 0 Å². The van der Waals surface area contributed by atoms with E-state index in [1.165, 1.54) is 44.9 Å². The molecule has 2 fully saturated rings. The molecule has 1 saturated heterocycles. The van der Waals surface area contributed by atoms with Gasteiger partial charge in [-0.1, -0.05) is 19.3 Å². The van der Waals surface area contributed by atoms with Crippen LogP contribution in [-0.2, 0) is 9.47 Å². The smallest absolute Gasteiger partial charge is 0.0754 e. The molecule has 0 aromatic heterocycles. The average molecular weight is 255 g/mol. The molecule has 1 aliphatic carbocycles. The summed E-state index contributed by atoms with van der Waals surface area (Å²) in [5.41, 5.74) is 0. The fourth-order valence-electron chi connectivity index (χ4n) is 3.84. The molecule has 2 rings (SSSR count). The Morgan fingerprint density at radius 1 is 1.00 bits per heavy atom. The molecule has 0 aromatic carbocycles. The highest BCUT2D eigenvalue weighted by molar-refractivity contribution is 4.89. The second-order valence-corrected chi connectivity index (χ2v) is 5.86. The zero-order valence-corrected chi connectivity index (χ0v) is 12.0. The van der Waals surface area contributed by atoms with Crippen LogP contribution in [-0.4, -0.2) is 39.5 Å². The van der Waals surface area contributed by atoms with E-state index in [1.54, 1.807) is 0 Å². The number of ether oxygens (including phenoxy) is 2. The maximum atomic E-state index is 5.89. The summed E-state index contributed by atoms with van der Waals surface area (Å²) < 4.78 is 11.4. The lowest BCUT2D eigenvalue weighted by Crippen LogP contribution is -2.50. The first-order valence-corrected chi connectivity index (χ1v) is 7.64. The average Bonchev–Trinajstić information content (AvgIpc) is 2.46. The van der Waals surface area contributed by atoms with Crippen LogP contribution in [0, 0.1) is 11.8 Å². The Bertz CT molecular complexity index is 199. The Labute approximate surface area is 112 Å². The van der Waals surface area contributed by atoms with E-state index in [1.807, 2.05) is 7.11 Å². The molecule has 0 amide bonds. The lowest BCUT2D eigenvalue weighted by atomic mass is 9.77. The van der Waals surface area contributed by atoms with Crippen LogP contribution in [0.1, 0.15) is 44.9 Å². The van der Waals surface area contributed by atoms with Crippen molar-refractivity contribution in [3.05, 3.63) is 0 Å². The predicted molar refractivity (Wildman–Crippen MR) is 73.8 cm³/mol. The molecule has 2 aliphatic rings. The summed E-state index contributed by atoms with van der Waals surface area (Å²) in [6.45, 7) is 1.84. The van der Waals surface area contributed by atoms with Crippen molar-refractivity contribution < 1.29 is 9.47 Å². The molecule has 106 valence electrons. The molecule has 0 bridgehead atoms. The normalized spacial score (nSPS) is 27.0. The van der Waals surface area contributed by atoms with Gasteiger partial charge in [-0.3, -0.25) is 0 Å². The van der Waals surface area contributed by atoms with E-state index >= 15 is 0 Å². The van der Waals surface area contributed by atoms with Crippen LogP contribution in [0.15, 0.2) is 0 Å². The van der Waals surface area contributed by atoms with Crippen molar-refractivity contribution in [3.63, 3.8) is 0 Å².